The van der Waals surface area contributed by atoms with E-state index in [9.17, 15) is 0 Å². The van der Waals surface area contributed by atoms with Gasteiger partial charge in [0.05, 0.1) is 0 Å². The maximum absolute atomic E-state index is 3.22. The number of nitrogens with zero attached hydrogens (tertiary/aromatic N) is 1. The van der Waals surface area contributed by atoms with Gasteiger partial charge in [-0.1, -0.05) is 0 Å². The lowest BCUT2D eigenvalue weighted by Crippen LogP contribution is -3.00. The van der Waals surface area contributed by atoms with Crippen molar-refractivity contribution in [3.05, 3.63) is 18.7 Å². The van der Waals surface area contributed by atoms with E-state index in [-0.39, 0.29) is 24.0 Å². The molecule has 4 aliphatic carbocycles. The highest BCUT2D eigenvalue weighted by Gasteiger charge is 2.54. The molecule has 1 N–H and O–H groups in total. The zero-order valence-electron chi connectivity index (χ0n) is 9.53. The summed E-state index contributed by atoms with van der Waals surface area (Å²) in [6, 6.07) is 0. The maximum Gasteiger partial charge on any atom is 0.241 e. The van der Waals surface area contributed by atoms with Crippen LogP contribution in [0.2, 0.25) is 0 Å². The molecular formula is C13H19IN2. The van der Waals surface area contributed by atoms with E-state index >= 15 is 0 Å². The summed E-state index contributed by atoms with van der Waals surface area (Å²) in [7, 11) is 0. The number of hydrogen-bond donors (Lipinski definition) is 1. The molecule has 2 nitrogen and oxygen atoms in total. The van der Waals surface area contributed by atoms with Crippen molar-refractivity contribution in [2.24, 2.45) is 17.8 Å². The van der Waals surface area contributed by atoms with Crippen molar-refractivity contribution in [1.82, 2.24) is 4.98 Å². The molecule has 0 unspecified atom stereocenters. The second-order valence-electron chi connectivity index (χ2n) is 6.16. The SMILES string of the molecule is [I-].c1c[n+](C23CC4CC(CC(C4)C2)C3)c[nH]1. The molecule has 4 aliphatic rings. The van der Waals surface area contributed by atoms with Crippen molar-refractivity contribution in [3.8, 4) is 0 Å². The van der Waals surface area contributed by atoms with Crippen molar-refractivity contribution in [2.45, 2.75) is 44.1 Å². The van der Waals surface area contributed by atoms with Crippen LogP contribution in [0.3, 0.4) is 0 Å². The van der Waals surface area contributed by atoms with Gasteiger partial charge in [0.25, 0.3) is 0 Å². The van der Waals surface area contributed by atoms with Crippen LogP contribution in [0, 0.1) is 17.8 Å². The highest BCUT2D eigenvalue weighted by Crippen LogP contribution is 2.56. The minimum absolute atomic E-state index is 0. The molecule has 0 spiro atoms. The highest BCUT2D eigenvalue weighted by molar-refractivity contribution is 4.99. The Morgan fingerprint density at radius 3 is 2.00 bits per heavy atom. The first-order valence-electron chi connectivity index (χ1n) is 6.39. The molecule has 5 rings (SSSR count). The van der Waals surface area contributed by atoms with Crippen molar-refractivity contribution in [3.63, 3.8) is 0 Å². The standard InChI is InChI=1S/C13H18N2.HI/c1-2-15(9-14-1)13-6-10-3-11(7-13)5-12(4-10)8-13;/h1-2,9-12H,3-8H2;1H. The molecule has 1 aromatic heterocycles. The number of aromatic nitrogens is 2. The zero-order chi connectivity index (χ0) is 9.88. The number of imidazole rings is 1. The lowest BCUT2D eigenvalue weighted by atomic mass is 9.53. The lowest BCUT2D eigenvalue weighted by Gasteiger charge is -2.54. The van der Waals surface area contributed by atoms with Gasteiger partial charge < -0.3 is 24.0 Å². The molecule has 88 valence electrons. The summed E-state index contributed by atoms with van der Waals surface area (Å²) in [5.74, 6) is 3.12. The van der Waals surface area contributed by atoms with Crippen LogP contribution in [-0.4, -0.2) is 4.98 Å². The summed E-state index contributed by atoms with van der Waals surface area (Å²) in [6.45, 7) is 0. The molecule has 3 heteroatoms. The number of halogens is 1. The van der Waals surface area contributed by atoms with Crippen molar-refractivity contribution in [1.29, 1.82) is 0 Å². The Balaban J connectivity index is 0.000000810. The summed E-state index contributed by atoms with van der Waals surface area (Å²) in [4.78, 5) is 3.22. The summed E-state index contributed by atoms with van der Waals surface area (Å²) >= 11 is 0. The highest BCUT2D eigenvalue weighted by atomic mass is 127. The minimum atomic E-state index is 0. The molecule has 0 atom stereocenters. The average Bonchev–Trinajstić information content (AvgIpc) is 2.67. The Hall–Kier alpha value is -0.0600. The maximum atomic E-state index is 3.22. The molecule has 4 bridgehead atoms. The second-order valence-corrected chi connectivity index (χ2v) is 6.16. The molecule has 1 heterocycles. The number of hydrogen-bond acceptors (Lipinski definition) is 0. The van der Waals surface area contributed by atoms with Gasteiger partial charge in [-0.3, -0.25) is 4.98 Å². The number of nitrogens with one attached hydrogen (secondary N) is 1. The van der Waals surface area contributed by atoms with Crippen LogP contribution in [0.1, 0.15) is 38.5 Å². The predicted octanol–water partition coefficient (Wildman–Crippen LogP) is -0.768. The Labute approximate surface area is 114 Å². The van der Waals surface area contributed by atoms with E-state index in [1.165, 1.54) is 38.5 Å². The number of rotatable bonds is 1. The fourth-order valence-electron chi connectivity index (χ4n) is 4.97. The summed E-state index contributed by atoms with van der Waals surface area (Å²) in [5.41, 5.74) is 0.509. The van der Waals surface area contributed by atoms with E-state index in [1.54, 1.807) is 0 Å². The van der Waals surface area contributed by atoms with E-state index in [0.717, 1.165) is 17.8 Å². The van der Waals surface area contributed by atoms with E-state index in [4.69, 9.17) is 0 Å². The predicted molar refractivity (Wildman–Crippen MR) is 57.1 cm³/mol. The van der Waals surface area contributed by atoms with Crippen LogP contribution in [0.4, 0.5) is 0 Å². The van der Waals surface area contributed by atoms with Gasteiger partial charge in [0.1, 0.15) is 17.9 Å². The first kappa shape index (κ1) is 11.1. The first-order chi connectivity index (χ1) is 7.34. The Kier molecular flexibility index (Phi) is 2.57. The fraction of sp³-hybridized carbons (Fsp3) is 0.769. The van der Waals surface area contributed by atoms with Crippen LogP contribution in [-0.2, 0) is 5.54 Å². The van der Waals surface area contributed by atoms with Crippen molar-refractivity contribution >= 4 is 0 Å². The van der Waals surface area contributed by atoms with E-state index in [0.29, 0.717) is 5.54 Å². The minimum Gasteiger partial charge on any atom is -1.00 e. The van der Waals surface area contributed by atoms with Crippen molar-refractivity contribution < 1.29 is 28.5 Å². The molecule has 0 radical (unpaired) electrons. The molecule has 0 aliphatic heterocycles. The summed E-state index contributed by atoms with van der Waals surface area (Å²) in [6.07, 6.45) is 15.4. The van der Waals surface area contributed by atoms with Crippen LogP contribution in [0.5, 0.6) is 0 Å². The Morgan fingerprint density at radius 2 is 1.56 bits per heavy atom. The number of H-pyrrole nitrogens is 1. The first-order valence-corrected chi connectivity index (χ1v) is 6.39. The lowest BCUT2D eigenvalue weighted by molar-refractivity contribution is -0.775. The van der Waals surface area contributed by atoms with E-state index in [1.807, 2.05) is 0 Å². The third kappa shape index (κ3) is 1.46. The van der Waals surface area contributed by atoms with Crippen LogP contribution in [0.15, 0.2) is 18.7 Å². The van der Waals surface area contributed by atoms with Gasteiger partial charge in [0, 0.05) is 0 Å². The topological polar surface area (TPSA) is 19.7 Å². The zero-order valence-corrected chi connectivity index (χ0v) is 11.7. The van der Waals surface area contributed by atoms with E-state index in [2.05, 4.69) is 28.3 Å². The van der Waals surface area contributed by atoms with Gasteiger partial charge in [0.15, 0.2) is 0 Å². The normalized spacial score (nSPS) is 44.4. The van der Waals surface area contributed by atoms with Gasteiger partial charge in [-0.05, 0) is 56.3 Å². The molecule has 4 fully saturated rings. The van der Waals surface area contributed by atoms with Gasteiger partial charge in [-0.2, -0.15) is 0 Å². The third-order valence-corrected chi connectivity index (χ3v) is 5.10. The summed E-state index contributed by atoms with van der Waals surface area (Å²) < 4.78 is 2.48. The van der Waals surface area contributed by atoms with Gasteiger partial charge in [-0.15, -0.1) is 0 Å². The third-order valence-electron chi connectivity index (χ3n) is 5.10. The van der Waals surface area contributed by atoms with Crippen LogP contribution < -0.4 is 28.5 Å². The largest absolute Gasteiger partial charge is 1.00 e. The molecule has 4 saturated carbocycles. The average molecular weight is 330 g/mol. The fourth-order valence-corrected chi connectivity index (χ4v) is 4.97. The second kappa shape index (κ2) is 3.72. The van der Waals surface area contributed by atoms with Gasteiger partial charge >= 0.3 is 0 Å². The Bertz CT molecular complexity index is 336. The number of aromatic amines is 1. The van der Waals surface area contributed by atoms with E-state index < -0.39 is 0 Å². The molecule has 1 aromatic rings. The molecular weight excluding hydrogens is 311 g/mol. The molecule has 0 amide bonds. The Morgan fingerprint density at radius 1 is 1.00 bits per heavy atom. The smallest absolute Gasteiger partial charge is 0.241 e. The monoisotopic (exact) mass is 330 g/mol. The van der Waals surface area contributed by atoms with Crippen LogP contribution in [0.25, 0.3) is 0 Å². The quantitative estimate of drug-likeness (QED) is 0.516. The summed E-state index contributed by atoms with van der Waals surface area (Å²) in [5, 5.41) is 0. The molecule has 0 aromatic carbocycles. The van der Waals surface area contributed by atoms with Crippen LogP contribution >= 0.6 is 0 Å². The van der Waals surface area contributed by atoms with Gasteiger partial charge in [-0.25, -0.2) is 4.57 Å². The van der Waals surface area contributed by atoms with Crippen molar-refractivity contribution in [2.75, 3.05) is 0 Å². The van der Waals surface area contributed by atoms with Gasteiger partial charge in [0.2, 0.25) is 6.33 Å². The molecule has 16 heavy (non-hydrogen) atoms. The molecule has 0 saturated heterocycles.